The minimum atomic E-state index is -0.246. The van der Waals surface area contributed by atoms with E-state index >= 15 is 0 Å². The van der Waals surface area contributed by atoms with Crippen LogP contribution in [0.1, 0.15) is 52.3 Å². The molecular formula is C23H26N4O3S. The quantitative estimate of drug-likeness (QED) is 0.560. The summed E-state index contributed by atoms with van der Waals surface area (Å²) in [7, 11) is 0. The maximum atomic E-state index is 13.0. The average molecular weight is 439 g/mol. The highest BCUT2D eigenvalue weighted by atomic mass is 32.1. The van der Waals surface area contributed by atoms with E-state index in [2.05, 4.69) is 21.7 Å². The maximum Gasteiger partial charge on any atom is 0.267 e. The first-order chi connectivity index (χ1) is 15.2. The van der Waals surface area contributed by atoms with Crippen molar-refractivity contribution >= 4 is 17.4 Å². The predicted molar refractivity (Wildman–Crippen MR) is 119 cm³/mol. The topological polar surface area (TPSA) is 77.4 Å². The van der Waals surface area contributed by atoms with Crippen molar-refractivity contribution in [3.8, 4) is 5.75 Å². The summed E-state index contributed by atoms with van der Waals surface area (Å²) >= 11 is 1.16. The number of hydrogen-bond donors (Lipinski definition) is 0. The van der Waals surface area contributed by atoms with Crippen LogP contribution in [0.25, 0.3) is 0 Å². The molecule has 0 aliphatic carbocycles. The van der Waals surface area contributed by atoms with Crippen molar-refractivity contribution in [2.24, 2.45) is 0 Å². The third-order valence-corrected chi connectivity index (χ3v) is 5.97. The van der Waals surface area contributed by atoms with E-state index in [-0.39, 0.29) is 12.0 Å². The van der Waals surface area contributed by atoms with E-state index in [0.717, 1.165) is 40.8 Å². The van der Waals surface area contributed by atoms with Gasteiger partial charge in [0.1, 0.15) is 16.7 Å². The lowest BCUT2D eigenvalue weighted by atomic mass is 10.1. The van der Waals surface area contributed by atoms with Gasteiger partial charge in [-0.05, 0) is 54.7 Å². The van der Waals surface area contributed by atoms with Gasteiger partial charge in [0.25, 0.3) is 5.91 Å². The fourth-order valence-electron chi connectivity index (χ4n) is 3.61. The average Bonchev–Trinajstić information content (AvgIpc) is 3.29. The van der Waals surface area contributed by atoms with E-state index in [0.29, 0.717) is 37.6 Å². The number of morpholine rings is 1. The summed E-state index contributed by atoms with van der Waals surface area (Å²) in [5.74, 6) is 0.849. The second kappa shape index (κ2) is 9.98. The number of benzene rings is 1. The van der Waals surface area contributed by atoms with Crippen molar-refractivity contribution in [2.75, 3.05) is 26.3 Å². The van der Waals surface area contributed by atoms with E-state index in [1.165, 1.54) is 5.56 Å². The molecule has 1 fully saturated rings. The minimum absolute atomic E-state index is 0.0225. The molecule has 3 aromatic rings. The van der Waals surface area contributed by atoms with Crippen molar-refractivity contribution in [1.82, 2.24) is 19.5 Å². The zero-order valence-corrected chi connectivity index (χ0v) is 18.6. The molecule has 7 nitrogen and oxygen atoms in total. The van der Waals surface area contributed by atoms with Gasteiger partial charge in [-0.25, -0.2) is 0 Å². The molecule has 0 spiro atoms. The van der Waals surface area contributed by atoms with Crippen LogP contribution in [-0.2, 0) is 17.6 Å². The molecule has 1 saturated heterocycles. The molecule has 31 heavy (non-hydrogen) atoms. The summed E-state index contributed by atoms with van der Waals surface area (Å²) in [6.45, 7) is 6.12. The molecule has 1 amide bonds. The first-order valence-corrected chi connectivity index (χ1v) is 11.3. The summed E-state index contributed by atoms with van der Waals surface area (Å²) in [5, 5.41) is 4.06. The highest BCUT2D eigenvalue weighted by Crippen LogP contribution is 2.24. The lowest BCUT2D eigenvalue weighted by Crippen LogP contribution is -2.42. The molecule has 1 aromatic carbocycles. The number of nitrogens with zero attached hydrogens (tertiary/aromatic N) is 4. The van der Waals surface area contributed by atoms with Crippen LogP contribution < -0.4 is 4.74 Å². The van der Waals surface area contributed by atoms with Crippen LogP contribution in [0.3, 0.4) is 0 Å². The monoisotopic (exact) mass is 438 g/mol. The van der Waals surface area contributed by atoms with Gasteiger partial charge in [-0.2, -0.15) is 0 Å². The summed E-state index contributed by atoms with van der Waals surface area (Å²) in [4.78, 5) is 20.2. The van der Waals surface area contributed by atoms with Crippen molar-refractivity contribution in [2.45, 2.75) is 32.8 Å². The lowest BCUT2D eigenvalue weighted by Gasteiger charge is -2.32. The van der Waals surface area contributed by atoms with Crippen molar-refractivity contribution in [3.05, 3.63) is 70.0 Å². The van der Waals surface area contributed by atoms with Gasteiger partial charge in [0.05, 0.1) is 31.1 Å². The van der Waals surface area contributed by atoms with Gasteiger partial charge >= 0.3 is 0 Å². The predicted octanol–water partition coefficient (Wildman–Crippen LogP) is 3.70. The third kappa shape index (κ3) is 5.08. The smallest absolute Gasteiger partial charge is 0.267 e. The third-order valence-electron chi connectivity index (χ3n) is 5.22. The van der Waals surface area contributed by atoms with Gasteiger partial charge in [0.15, 0.2) is 0 Å². The van der Waals surface area contributed by atoms with E-state index in [9.17, 15) is 4.79 Å². The maximum absolute atomic E-state index is 13.0. The van der Waals surface area contributed by atoms with Crippen molar-refractivity contribution < 1.29 is 14.3 Å². The number of carbonyl (C=O) groups is 1. The summed E-state index contributed by atoms with van der Waals surface area (Å²) in [6, 6.07) is 14.1. The Morgan fingerprint density at radius 2 is 2.06 bits per heavy atom. The number of aromatic nitrogens is 3. The highest BCUT2D eigenvalue weighted by Gasteiger charge is 2.29. The van der Waals surface area contributed by atoms with Crippen LogP contribution in [-0.4, -0.2) is 51.7 Å². The molecule has 1 atom stereocenters. The van der Waals surface area contributed by atoms with Gasteiger partial charge < -0.3 is 14.4 Å². The van der Waals surface area contributed by atoms with Crippen LogP contribution in [0.15, 0.2) is 42.5 Å². The Labute approximate surface area is 186 Å². The van der Waals surface area contributed by atoms with Gasteiger partial charge in [-0.15, -0.1) is 5.10 Å². The molecule has 0 unspecified atom stereocenters. The van der Waals surface area contributed by atoms with Gasteiger partial charge in [-0.3, -0.25) is 9.78 Å². The van der Waals surface area contributed by atoms with Gasteiger partial charge in [-0.1, -0.05) is 29.6 Å². The second-order valence-electron chi connectivity index (χ2n) is 7.32. The second-order valence-corrected chi connectivity index (χ2v) is 8.07. The van der Waals surface area contributed by atoms with E-state index < -0.39 is 0 Å². The molecule has 3 heterocycles. The number of pyridine rings is 1. The molecule has 4 rings (SSSR count). The number of aryl methyl sites for hydroxylation is 1. The Morgan fingerprint density at radius 1 is 1.23 bits per heavy atom. The van der Waals surface area contributed by atoms with Crippen molar-refractivity contribution in [1.29, 1.82) is 0 Å². The molecule has 1 aliphatic rings. The summed E-state index contributed by atoms with van der Waals surface area (Å²) in [6.07, 6.45) is 1.17. The lowest BCUT2D eigenvalue weighted by molar-refractivity contribution is -0.0246. The molecule has 2 aromatic heterocycles. The molecule has 0 radical (unpaired) electrons. The van der Waals surface area contributed by atoms with Crippen LogP contribution in [0.2, 0.25) is 0 Å². The molecule has 0 N–H and O–H groups in total. The van der Waals surface area contributed by atoms with Gasteiger partial charge in [0.2, 0.25) is 0 Å². The Kier molecular flexibility index (Phi) is 6.89. The molecule has 0 saturated carbocycles. The first-order valence-electron chi connectivity index (χ1n) is 10.6. The SMILES string of the molecule is CCOc1ccc(Cc2cccc([C@H]3CN(C(=O)c4snnc4CC)CCO3)n2)cc1. The molecule has 8 heteroatoms. The van der Waals surface area contributed by atoms with Gasteiger partial charge in [0, 0.05) is 18.7 Å². The van der Waals surface area contributed by atoms with Crippen LogP contribution >= 0.6 is 11.5 Å². The standard InChI is InChI=1S/C23H26N4O3S/c1-3-19-22(31-26-25-19)23(28)27-12-13-30-21(15-27)20-7-5-6-17(24-20)14-16-8-10-18(11-9-16)29-4-2/h5-11,21H,3-4,12-15H2,1-2H3/t21-/m1/s1. The van der Waals surface area contributed by atoms with Crippen LogP contribution in [0, 0.1) is 0 Å². The van der Waals surface area contributed by atoms with E-state index in [1.807, 2.05) is 49.1 Å². The number of carbonyl (C=O) groups excluding carboxylic acids is 1. The Hall–Kier alpha value is -2.84. The zero-order valence-electron chi connectivity index (χ0n) is 17.8. The van der Waals surface area contributed by atoms with Crippen LogP contribution in [0.5, 0.6) is 5.75 Å². The molecule has 0 bridgehead atoms. The summed E-state index contributed by atoms with van der Waals surface area (Å²) in [5.41, 5.74) is 3.74. The normalized spacial score (nSPS) is 16.3. The Morgan fingerprint density at radius 3 is 2.84 bits per heavy atom. The summed E-state index contributed by atoms with van der Waals surface area (Å²) < 4.78 is 15.4. The number of rotatable bonds is 7. The fourth-order valence-corrected chi connectivity index (χ4v) is 4.33. The number of hydrogen-bond acceptors (Lipinski definition) is 7. The molecule has 1 aliphatic heterocycles. The number of amides is 1. The first kappa shape index (κ1) is 21.4. The van der Waals surface area contributed by atoms with E-state index in [1.54, 1.807) is 0 Å². The number of ether oxygens (including phenoxy) is 2. The Bertz CT molecular complexity index is 1020. The molecule has 162 valence electrons. The minimum Gasteiger partial charge on any atom is -0.494 e. The Balaban J connectivity index is 1.45. The highest BCUT2D eigenvalue weighted by molar-refractivity contribution is 7.08. The fraction of sp³-hybridized carbons (Fsp3) is 0.391. The van der Waals surface area contributed by atoms with Crippen LogP contribution in [0.4, 0.5) is 0 Å². The van der Waals surface area contributed by atoms with Crippen molar-refractivity contribution in [3.63, 3.8) is 0 Å². The largest absolute Gasteiger partial charge is 0.494 e. The van der Waals surface area contributed by atoms with E-state index in [4.69, 9.17) is 14.5 Å². The molecular weight excluding hydrogens is 412 g/mol. The zero-order chi connectivity index (χ0) is 21.6.